The minimum atomic E-state index is -3.11. The standard InChI is InChI=1S/C14H20N6O3S2/c1-2-25(22,23)20-7-5-19(6-8-20)4-3-15-14(21)11-9-12-13(16-10-11)18-24-17-12/h9-10H,2-8H2,1H3,(H,15,21). The average molecular weight is 384 g/mol. The van der Waals surface area contributed by atoms with E-state index in [-0.39, 0.29) is 11.7 Å². The van der Waals surface area contributed by atoms with Gasteiger partial charge in [-0.1, -0.05) is 0 Å². The Morgan fingerprint density at radius 3 is 2.76 bits per heavy atom. The van der Waals surface area contributed by atoms with E-state index in [0.29, 0.717) is 56.0 Å². The Balaban J connectivity index is 1.45. The molecule has 0 atom stereocenters. The predicted octanol–water partition coefficient (Wildman–Crippen LogP) is -0.217. The number of carbonyl (C=O) groups is 1. The van der Waals surface area contributed by atoms with E-state index in [0.717, 1.165) is 11.7 Å². The highest BCUT2D eigenvalue weighted by atomic mass is 32.2. The van der Waals surface area contributed by atoms with E-state index in [1.807, 2.05) is 0 Å². The van der Waals surface area contributed by atoms with Crippen LogP contribution in [0.25, 0.3) is 11.2 Å². The van der Waals surface area contributed by atoms with Crippen molar-refractivity contribution in [2.24, 2.45) is 0 Å². The largest absolute Gasteiger partial charge is 0.351 e. The molecule has 11 heteroatoms. The number of carbonyl (C=O) groups excluding carboxylic acids is 1. The second-order valence-corrected chi connectivity index (χ2v) is 8.51. The summed E-state index contributed by atoms with van der Waals surface area (Å²) < 4.78 is 33.3. The number of sulfonamides is 1. The van der Waals surface area contributed by atoms with Crippen molar-refractivity contribution in [1.82, 2.24) is 28.3 Å². The maximum Gasteiger partial charge on any atom is 0.252 e. The number of amides is 1. The zero-order valence-corrected chi connectivity index (χ0v) is 15.5. The summed E-state index contributed by atoms with van der Waals surface area (Å²) in [7, 11) is -3.11. The molecule has 0 aromatic carbocycles. The molecule has 3 heterocycles. The van der Waals surface area contributed by atoms with Crippen LogP contribution >= 0.6 is 11.7 Å². The summed E-state index contributed by atoms with van der Waals surface area (Å²) in [5, 5.41) is 2.86. The van der Waals surface area contributed by atoms with Gasteiger partial charge in [0.15, 0.2) is 5.65 Å². The topological polar surface area (TPSA) is 108 Å². The first-order valence-corrected chi connectivity index (χ1v) is 10.4. The van der Waals surface area contributed by atoms with Crippen LogP contribution in [0.3, 0.4) is 0 Å². The van der Waals surface area contributed by atoms with Gasteiger partial charge < -0.3 is 5.32 Å². The molecule has 1 fully saturated rings. The van der Waals surface area contributed by atoms with Crippen molar-refractivity contribution in [1.29, 1.82) is 0 Å². The van der Waals surface area contributed by atoms with Crippen LogP contribution in [0, 0.1) is 0 Å². The molecule has 3 rings (SSSR count). The van der Waals surface area contributed by atoms with E-state index in [9.17, 15) is 13.2 Å². The number of rotatable bonds is 6. The molecule has 0 spiro atoms. The van der Waals surface area contributed by atoms with Crippen molar-refractivity contribution >= 4 is 38.8 Å². The minimum Gasteiger partial charge on any atom is -0.351 e. The first kappa shape index (κ1) is 18.1. The van der Waals surface area contributed by atoms with Crippen LogP contribution in [0.15, 0.2) is 12.3 Å². The first-order chi connectivity index (χ1) is 12.0. The molecule has 2 aromatic rings. The van der Waals surface area contributed by atoms with Gasteiger partial charge in [0.05, 0.1) is 23.0 Å². The molecule has 2 aromatic heterocycles. The molecule has 0 aliphatic carbocycles. The molecule has 0 saturated carbocycles. The van der Waals surface area contributed by atoms with Crippen LogP contribution in [0.1, 0.15) is 17.3 Å². The molecule has 1 aliphatic rings. The summed E-state index contributed by atoms with van der Waals surface area (Å²) >= 11 is 1.07. The Morgan fingerprint density at radius 2 is 2.04 bits per heavy atom. The molecule has 1 amide bonds. The van der Waals surface area contributed by atoms with Crippen LogP contribution in [-0.2, 0) is 10.0 Å². The van der Waals surface area contributed by atoms with Crippen molar-refractivity contribution in [2.75, 3.05) is 45.0 Å². The number of aromatic nitrogens is 3. The molecule has 1 aliphatic heterocycles. The Kier molecular flexibility index (Phi) is 5.57. The van der Waals surface area contributed by atoms with E-state index >= 15 is 0 Å². The van der Waals surface area contributed by atoms with Gasteiger partial charge in [0.2, 0.25) is 10.0 Å². The van der Waals surface area contributed by atoms with E-state index in [2.05, 4.69) is 23.9 Å². The van der Waals surface area contributed by atoms with Crippen molar-refractivity contribution < 1.29 is 13.2 Å². The molecule has 0 unspecified atom stereocenters. The lowest BCUT2D eigenvalue weighted by atomic mass is 10.2. The fraction of sp³-hybridized carbons (Fsp3) is 0.571. The molecule has 25 heavy (non-hydrogen) atoms. The summed E-state index contributed by atoms with van der Waals surface area (Å²) in [6.07, 6.45) is 1.49. The number of nitrogens with zero attached hydrogens (tertiary/aromatic N) is 5. The SMILES string of the molecule is CCS(=O)(=O)N1CCN(CCNC(=O)c2cnc3nsnc3c2)CC1. The summed E-state index contributed by atoms with van der Waals surface area (Å²) in [6, 6.07) is 1.68. The number of fused-ring (bicyclic) bond motifs is 1. The van der Waals surface area contributed by atoms with Crippen molar-refractivity contribution in [3.05, 3.63) is 17.8 Å². The third-order valence-corrected chi connectivity index (χ3v) is 6.59. The Bertz CT molecular complexity index is 845. The minimum absolute atomic E-state index is 0.135. The van der Waals surface area contributed by atoms with Gasteiger partial charge in [-0.3, -0.25) is 9.69 Å². The van der Waals surface area contributed by atoms with Crippen LogP contribution < -0.4 is 5.32 Å². The van der Waals surface area contributed by atoms with E-state index in [4.69, 9.17) is 0 Å². The van der Waals surface area contributed by atoms with Crippen LogP contribution in [-0.4, -0.2) is 82.3 Å². The van der Waals surface area contributed by atoms with Crippen molar-refractivity contribution in [2.45, 2.75) is 6.92 Å². The lowest BCUT2D eigenvalue weighted by Gasteiger charge is -2.33. The van der Waals surface area contributed by atoms with Gasteiger partial charge in [-0.05, 0) is 13.0 Å². The monoisotopic (exact) mass is 384 g/mol. The summed E-state index contributed by atoms with van der Waals surface area (Å²) in [6.45, 7) is 5.18. The molecule has 1 saturated heterocycles. The predicted molar refractivity (Wildman–Crippen MR) is 95.0 cm³/mol. The van der Waals surface area contributed by atoms with Crippen molar-refractivity contribution in [3.8, 4) is 0 Å². The number of hydrogen-bond donors (Lipinski definition) is 1. The smallest absolute Gasteiger partial charge is 0.252 e. The zero-order valence-electron chi connectivity index (χ0n) is 13.9. The fourth-order valence-electron chi connectivity index (χ4n) is 2.65. The van der Waals surface area contributed by atoms with Crippen LogP contribution in [0.5, 0.6) is 0 Å². The normalized spacial score (nSPS) is 17.0. The zero-order chi connectivity index (χ0) is 17.9. The molecule has 0 radical (unpaired) electrons. The van der Waals surface area contributed by atoms with E-state index in [1.54, 1.807) is 13.0 Å². The van der Waals surface area contributed by atoms with Crippen LogP contribution in [0.4, 0.5) is 0 Å². The average Bonchev–Trinajstić information content (AvgIpc) is 3.09. The second-order valence-electron chi connectivity index (χ2n) is 5.73. The highest BCUT2D eigenvalue weighted by Gasteiger charge is 2.25. The number of nitrogens with one attached hydrogen (secondary N) is 1. The number of pyridine rings is 1. The van der Waals surface area contributed by atoms with Gasteiger partial charge >= 0.3 is 0 Å². The maximum atomic E-state index is 12.2. The van der Waals surface area contributed by atoms with Crippen LogP contribution in [0.2, 0.25) is 0 Å². The third kappa shape index (κ3) is 4.29. The maximum absolute atomic E-state index is 12.2. The lowest BCUT2D eigenvalue weighted by Crippen LogP contribution is -2.50. The molecule has 0 bridgehead atoms. The quantitative estimate of drug-likeness (QED) is 0.734. The van der Waals surface area contributed by atoms with E-state index < -0.39 is 10.0 Å². The Morgan fingerprint density at radius 1 is 1.28 bits per heavy atom. The van der Waals surface area contributed by atoms with Gasteiger partial charge in [-0.2, -0.15) is 13.1 Å². The fourth-order valence-corrected chi connectivity index (χ4v) is 4.22. The molecule has 9 nitrogen and oxygen atoms in total. The highest BCUT2D eigenvalue weighted by molar-refractivity contribution is 7.89. The number of hydrogen-bond acceptors (Lipinski definition) is 8. The van der Waals surface area contributed by atoms with Gasteiger partial charge in [0, 0.05) is 45.5 Å². The van der Waals surface area contributed by atoms with Crippen molar-refractivity contribution in [3.63, 3.8) is 0 Å². The van der Waals surface area contributed by atoms with Gasteiger partial charge in [-0.25, -0.2) is 13.4 Å². The van der Waals surface area contributed by atoms with E-state index in [1.165, 1.54) is 10.5 Å². The van der Waals surface area contributed by atoms with Gasteiger partial charge in [0.25, 0.3) is 5.91 Å². The lowest BCUT2D eigenvalue weighted by molar-refractivity contribution is 0.0945. The van der Waals surface area contributed by atoms with Gasteiger partial charge in [-0.15, -0.1) is 0 Å². The van der Waals surface area contributed by atoms with Gasteiger partial charge in [0.1, 0.15) is 5.52 Å². The number of piperazine rings is 1. The highest BCUT2D eigenvalue weighted by Crippen LogP contribution is 2.10. The Hall–Kier alpha value is -1.69. The third-order valence-electron chi connectivity index (χ3n) is 4.18. The summed E-state index contributed by atoms with van der Waals surface area (Å²) in [4.78, 5) is 18.4. The second kappa shape index (κ2) is 7.68. The Labute approximate surface area is 150 Å². The molecule has 136 valence electrons. The molecular weight excluding hydrogens is 364 g/mol. The molecule has 1 N–H and O–H groups in total. The summed E-state index contributed by atoms with van der Waals surface area (Å²) in [5.41, 5.74) is 1.62. The first-order valence-electron chi connectivity index (χ1n) is 8.06. The summed E-state index contributed by atoms with van der Waals surface area (Å²) in [5.74, 6) is -0.0646. The molecular formula is C14H20N6O3S2.